The minimum atomic E-state index is -4.41. The van der Waals surface area contributed by atoms with Gasteiger partial charge >= 0.3 is 6.18 Å². The molecule has 30 heavy (non-hydrogen) atoms. The van der Waals surface area contributed by atoms with Crippen LogP contribution in [0.4, 0.5) is 13.2 Å². The van der Waals surface area contributed by atoms with Crippen LogP contribution in [0.15, 0.2) is 72.9 Å². The number of hydrogen-bond donors (Lipinski definition) is 1. The lowest BCUT2D eigenvalue weighted by molar-refractivity contribution is -0.137. The Morgan fingerprint density at radius 1 is 0.967 bits per heavy atom. The number of halogens is 3. The molecule has 1 aliphatic rings. The quantitative estimate of drug-likeness (QED) is 0.515. The molecule has 0 bridgehead atoms. The van der Waals surface area contributed by atoms with Crippen LogP contribution in [0.2, 0.25) is 0 Å². The molecular formula is C24H23F3N2O. The van der Waals surface area contributed by atoms with Crippen LogP contribution in [0, 0.1) is 0 Å². The summed E-state index contributed by atoms with van der Waals surface area (Å²) in [6.07, 6.45) is 0.457. The highest BCUT2D eigenvalue weighted by Crippen LogP contribution is 2.35. The molecule has 0 radical (unpaired) electrons. The first-order valence-corrected chi connectivity index (χ1v) is 10.1. The second-order valence-electron chi connectivity index (χ2n) is 7.59. The van der Waals surface area contributed by atoms with Crippen LogP contribution in [0.1, 0.15) is 41.9 Å². The zero-order chi connectivity index (χ0) is 21.0. The molecular weight excluding hydrogens is 389 g/mol. The third kappa shape index (κ3) is 5.00. The molecule has 6 heteroatoms. The van der Waals surface area contributed by atoms with E-state index in [0.717, 1.165) is 37.0 Å². The molecule has 2 unspecified atom stereocenters. The van der Waals surface area contributed by atoms with Crippen LogP contribution in [0.25, 0.3) is 0 Å². The molecule has 2 aromatic carbocycles. The van der Waals surface area contributed by atoms with Crippen molar-refractivity contribution < 1.29 is 17.9 Å². The summed E-state index contributed by atoms with van der Waals surface area (Å²) >= 11 is 0. The van der Waals surface area contributed by atoms with Crippen molar-refractivity contribution in [3.63, 3.8) is 0 Å². The van der Waals surface area contributed by atoms with E-state index in [1.165, 1.54) is 17.7 Å². The van der Waals surface area contributed by atoms with Crippen molar-refractivity contribution in [1.82, 2.24) is 10.3 Å². The molecule has 3 nitrogen and oxygen atoms in total. The largest absolute Gasteiger partial charge is 0.439 e. The summed E-state index contributed by atoms with van der Waals surface area (Å²) in [5, 5.41) is 3.56. The van der Waals surface area contributed by atoms with Crippen LogP contribution in [0.3, 0.4) is 0 Å². The summed E-state index contributed by atoms with van der Waals surface area (Å²) in [4.78, 5) is 4.23. The Morgan fingerprint density at radius 3 is 2.60 bits per heavy atom. The molecule has 2 atom stereocenters. The van der Waals surface area contributed by atoms with Gasteiger partial charge in [-0.2, -0.15) is 13.2 Å². The zero-order valence-electron chi connectivity index (χ0n) is 16.4. The number of benzene rings is 2. The van der Waals surface area contributed by atoms with Crippen molar-refractivity contribution in [3.8, 4) is 11.6 Å². The summed E-state index contributed by atoms with van der Waals surface area (Å²) in [5.41, 5.74) is 1.45. The van der Waals surface area contributed by atoms with Crippen LogP contribution >= 0.6 is 0 Å². The van der Waals surface area contributed by atoms with E-state index in [-0.39, 0.29) is 5.75 Å². The lowest BCUT2D eigenvalue weighted by Crippen LogP contribution is -2.26. The van der Waals surface area contributed by atoms with Crippen LogP contribution in [-0.2, 0) is 12.7 Å². The van der Waals surface area contributed by atoms with E-state index in [9.17, 15) is 13.2 Å². The maximum atomic E-state index is 13.0. The van der Waals surface area contributed by atoms with E-state index in [2.05, 4.69) is 34.6 Å². The Bertz CT molecular complexity index is 975. The van der Waals surface area contributed by atoms with Gasteiger partial charge in [-0.15, -0.1) is 0 Å². The first-order chi connectivity index (χ1) is 14.5. The molecule has 1 aliphatic carbocycles. The predicted octanol–water partition coefficient (Wildman–Crippen LogP) is 6.32. The van der Waals surface area contributed by atoms with E-state index in [0.29, 0.717) is 24.4 Å². The molecule has 1 N–H and O–H groups in total. The van der Waals surface area contributed by atoms with Crippen LogP contribution < -0.4 is 10.1 Å². The van der Waals surface area contributed by atoms with Gasteiger partial charge in [0.15, 0.2) is 0 Å². The molecule has 1 heterocycles. The molecule has 156 valence electrons. The molecule has 4 rings (SSSR count). The highest BCUT2D eigenvalue weighted by atomic mass is 19.4. The summed E-state index contributed by atoms with van der Waals surface area (Å²) in [5.74, 6) is 0.996. The van der Waals surface area contributed by atoms with Gasteiger partial charge in [0.2, 0.25) is 5.88 Å². The number of hydrogen-bond acceptors (Lipinski definition) is 3. The van der Waals surface area contributed by atoms with Crippen molar-refractivity contribution in [2.45, 2.75) is 43.9 Å². The number of rotatable bonds is 6. The van der Waals surface area contributed by atoms with Gasteiger partial charge in [-0.25, -0.2) is 4.98 Å². The first kappa shape index (κ1) is 20.4. The van der Waals surface area contributed by atoms with Crippen molar-refractivity contribution in [2.24, 2.45) is 0 Å². The summed E-state index contributed by atoms with van der Waals surface area (Å²) < 4.78 is 44.6. The van der Waals surface area contributed by atoms with Crippen molar-refractivity contribution >= 4 is 0 Å². The predicted molar refractivity (Wildman–Crippen MR) is 109 cm³/mol. The van der Waals surface area contributed by atoms with E-state index >= 15 is 0 Å². The lowest BCUT2D eigenvalue weighted by Gasteiger charge is -2.16. The maximum Gasteiger partial charge on any atom is 0.416 e. The average Bonchev–Trinajstić information content (AvgIpc) is 3.22. The fourth-order valence-electron chi connectivity index (χ4n) is 3.95. The lowest BCUT2D eigenvalue weighted by atomic mass is 9.98. The summed E-state index contributed by atoms with van der Waals surface area (Å²) in [6.45, 7) is 0.550. The van der Waals surface area contributed by atoms with Gasteiger partial charge in [-0.3, -0.25) is 0 Å². The Morgan fingerprint density at radius 2 is 1.80 bits per heavy atom. The van der Waals surface area contributed by atoms with Gasteiger partial charge in [0.25, 0.3) is 0 Å². The Balaban J connectivity index is 1.40. The number of aromatic nitrogens is 1. The molecule has 0 saturated heterocycles. The monoisotopic (exact) mass is 412 g/mol. The fraction of sp³-hybridized carbons (Fsp3) is 0.292. The zero-order valence-corrected chi connectivity index (χ0v) is 16.4. The van der Waals surface area contributed by atoms with E-state index in [4.69, 9.17) is 4.74 Å². The molecule has 0 aliphatic heterocycles. The summed E-state index contributed by atoms with van der Waals surface area (Å²) in [6, 6.07) is 19.5. The van der Waals surface area contributed by atoms with Crippen molar-refractivity contribution in [3.05, 3.63) is 89.6 Å². The second-order valence-corrected chi connectivity index (χ2v) is 7.59. The van der Waals surface area contributed by atoms with Gasteiger partial charge in [0, 0.05) is 24.3 Å². The van der Waals surface area contributed by atoms with Crippen LogP contribution in [-0.4, -0.2) is 11.0 Å². The van der Waals surface area contributed by atoms with Crippen molar-refractivity contribution in [1.29, 1.82) is 0 Å². The normalized spacial score (nSPS) is 19.0. The minimum absolute atomic E-state index is 0.120. The molecule has 1 fully saturated rings. The molecule has 0 amide bonds. The topological polar surface area (TPSA) is 34.1 Å². The smallest absolute Gasteiger partial charge is 0.416 e. The Labute approximate surface area is 173 Å². The fourth-order valence-corrected chi connectivity index (χ4v) is 3.95. The minimum Gasteiger partial charge on any atom is -0.439 e. The third-order valence-electron chi connectivity index (χ3n) is 5.51. The van der Waals surface area contributed by atoms with Crippen LogP contribution in [0.5, 0.6) is 11.6 Å². The average molecular weight is 412 g/mol. The third-order valence-corrected chi connectivity index (χ3v) is 5.51. The standard InChI is InChI=1S/C24H23F3N2O/c25-24(26,27)20-9-4-10-22(15-20)30-23-19(8-5-13-28-23)16-29-21-12-11-18(14-21)17-6-2-1-3-7-17/h1-10,13,15,18,21,29H,11-12,14,16H2. The second kappa shape index (κ2) is 8.88. The first-order valence-electron chi connectivity index (χ1n) is 10.1. The highest BCUT2D eigenvalue weighted by Gasteiger charge is 2.31. The maximum absolute atomic E-state index is 13.0. The van der Waals surface area contributed by atoms with Gasteiger partial charge in [0.05, 0.1) is 5.56 Å². The van der Waals surface area contributed by atoms with Crippen molar-refractivity contribution in [2.75, 3.05) is 0 Å². The number of nitrogens with one attached hydrogen (secondary N) is 1. The number of ether oxygens (including phenoxy) is 1. The molecule has 1 saturated carbocycles. The molecule has 3 aromatic rings. The number of nitrogens with zero attached hydrogens (tertiary/aromatic N) is 1. The van der Waals surface area contributed by atoms with Gasteiger partial charge in [0.1, 0.15) is 5.75 Å². The van der Waals surface area contributed by atoms with Gasteiger partial charge in [-0.05, 0) is 55.0 Å². The SMILES string of the molecule is FC(F)(F)c1cccc(Oc2ncccc2CNC2CCC(c3ccccc3)C2)c1. The van der Waals surface area contributed by atoms with Gasteiger partial charge < -0.3 is 10.1 Å². The highest BCUT2D eigenvalue weighted by molar-refractivity contribution is 5.35. The number of pyridine rings is 1. The summed E-state index contributed by atoms with van der Waals surface area (Å²) in [7, 11) is 0. The Hall–Kier alpha value is -2.86. The molecule has 1 aromatic heterocycles. The number of alkyl halides is 3. The Kier molecular flexibility index (Phi) is 6.04. The van der Waals surface area contributed by atoms with Gasteiger partial charge in [-0.1, -0.05) is 42.5 Å². The molecule has 0 spiro atoms. The van der Waals surface area contributed by atoms with E-state index in [1.54, 1.807) is 12.3 Å². The van der Waals surface area contributed by atoms with E-state index < -0.39 is 11.7 Å². The van der Waals surface area contributed by atoms with E-state index in [1.807, 2.05) is 12.1 Å².